The first-order valence-electron chi connectivity index (χ1n) is 11.6. The lowest BCUT2D eigenvalue weighted by Gasteiger charge is -2.34. The Bertz CT molecular complexity index is 900. The van der Waals surface area contributed by atoms with Gasteiger partial charge in [0.2, 0.25) is 0 Å². The van der Waals surface area contributed by atoms with Gasteiger partial charge in [0.25, 0.3) is 17.7 Å². The molecule has 34 heavy (non-hydrogen) atoms. The van der Waals surface area contributed by atoms with E-state index in [0.29, 0.717) is 11.3 Å². The molecule has 3 amide bonds. The van der Waals surface area contributed by atoms with Crippen molar-refractivity contribution in [3.05, 3.63) is 29.8 Å². The van der Waals surface area contributed by atoms with Crippen LogP contribution in [0.4, 0.5) is 0 Å². The molecule has 2 fully saturated rings. The van der Waals surface area contributed by atoms with E-state index in [1.165, 1.54) is 24.0 Å². The van der Waals surface area contributed by atoms with Crippen molar-refractivity contribution in [2.24, 2.45) is 5.92 Å². The first kappa shape index (κ1) is 25.5. The van der Waals surface area contributed by atoms with Crippen LogP contribution in [0.2, 0.25) is 0 Å². The Labute approximate surface area is 199 Å². The van der Waals surface area contributed by atoms with E-state index in [1.54, 1.807) is 24.3 Å². The molecule has 0 aromatic heterocycles. The molecule has 1 aromatic carbocycles. The normalized spacial score (nSPS) is 19.5. The number of nitrogens with one attached hydrogen (secondary N) is 1. The van der Waals surface area contributed by atoms with Gasteiger partial charge in [0.15, 0.2) is 6.17 Å². The summed E-state index contributed by atoms with van der Waals surface area (Å²) in [5.41, 5.74) is 0.326. The van der Waals surface area contributed by atoms with Gasteiger partial charge in [-0.1, -0.05) is 25.3 Å². The smallest absolute Gasteiger partial charge is 0.305 e. The fraction of sp³-hybridized carbons (Fsp3) is 0.583. The third-order valence-electron chi connectivity index (χ3n) is 6.51. The monoisotopic (exact) mass is 475 g/mol. The first-order chi connectivity index (χ1) is 16.3. The van der Waals surface area contributed by atoms with Crippen LogP contribution in [0.5, 0.6) is 5.75 Å². The topological polar surface area (TPSA) is 125 Å². The molecule has 1 aromatic rings. The second-order valence-corrected chi connectivity index (χ2v) is 8.74. The van der Waals surface area contributed by atoms with Crippen LogP contribution in [0.25, 0.3) is 0 Å². The number of nitrogens with zero attached hydrogens (tertiary/aromatic N) is 2. The van der Waals surface area contributed by atoms with Crippen LogP contribution in [-0.2, 0) is 19.1 Å². The number of carboxylic acid groups (broad SMARTS) is 1. The molecule has 10 heteroatoms. The minimum absolute atomic E-state index is 0.0425. The Balaban J connectivity index is 1.86. The molecule has 2 unspecified atom stereocenters. The molecular weight excluding hydrogens is 442 g/mol. The third kappa shape index (κ3) is 6.05. The highest BCUT2D eigenvalue weighted by molar-refractivity contribution is 5.99. The molecule has 2 atom stereocenters. The van der Waals surface area contributed by atoms with Gasteiger partial charge in [-0.3, -0.25) is 19.2 Å². The van der Waals surface area contributed by atoms with Gasteiger partial charge < -0.3 is 29.7 Å². The largest absolute Gasteiger partial charge is 0.497 e. The summed E-state index contributed by atoms with van der Waals surface area (Å²) < 4.78 is 10.2. The van der Waals surface area contributed by atoms with Crippen molar-refractivity contribution in [2.75, 3.05) is 33.9 Å². The third-order valence-corrected chi connectivity index (χ3v) is 6.51. The van der Waals surface area contributed by atoms with E-state index < -0.39 is 35.9 Å². The van der Waals surface area contributed by atoms with Crippen LogP contribution in [0.15, 0.2) is 24.3 Å². The number of amides is 3. The van der Waals surface area contributed by atoms with E-state index in [4.69, 9.17) is 9.47 Å². The van der Waals surface area contributed by atoms with Gasteiger partial charge in [-0.15, -0.1) is 0 Å². The highest BCUT2D eigenvalue weighted by Gasteiger charge is 2.44. The van der Waals surface area contributed by atoms with Gasteiger partial charge in [0.05, 0.1) is 13.5 Å². The SMILES string of the molecule is COCC(=O)N1CCN(C(=O)c2cccc(OC)c2)C1C(=O)NC(CC(=O)O)C1CCCCC1. The number of benzene rings is 1. The van der Waals surface area contributed by atoms with Crippen LogP contribution in [-0.4, -0.2) is 84.7 Å². The van der Waals surface area contributed by atoms with Crippen molar-refractivity contribution >= 4 is 23.7 Å². The van der Waals surface area contributed by atoms with Crippen LogP contribution in [0, 0.1) is 5.92 Å². The van der Waals surface area contributed by atoms with Gasteiger partial charge >= 0.3 is 5.97 Å². The molecular formula is C24H33N3O7. The molecule has 0 spiro atoms. The van der Waals surface area contributed by atoms with Crippen molar-refractivity contribution in [3.63, 3.8) is 0 Å². The van der Waals surface area contributed by atoms with Gasteiger partial charge in [0.1, 0.15) is 12.4 Å². The maximum absolute atomic E-state index is 13.5. The molecule has 0 bridgehead atoms. The molecule has 1 heterocycles. The van der Waals surface area contributed by atoms with Crippen molar-refractivity contribution in [1.29, 1.82) is 0 Å². The quantitative estimate of drug-likeness (QED) is 0.554. The molecule has 1 saturated heterocycles. The molecule has 3 rings (SSSR count). The second-order valence-electron chi connectivity index (χ2n) is 8.74. The van der Waals surface area contributed by atoms with E-state index in [9.17, 15) is 24.3 Å². The number of aliphatic carboxylic acids is 1. The van der Waals surface area contributed by atoms with Crippen LogP contribution in [0.3, 0.4) is 0 Å². The molecule has 0 radical (unpaired) electrons. The highest BCUT2D eigenvalue weighted by Crippen LogP contribution is 2.29. The Kier molecular flexibility index (Phi) is 8.86. The number of hydrogen-bond acceptors (Lipinski definition) is 6. The number of carbonyl (C=O) groups excluding carboxylic acids is 3. The average molecular weight is 476 g/mol. The highest BCUT2D eigenvalue weighted by atomic mass is 16.5. The number of methoxy groups -OCH3 is 2. The van der Waals surface area contributed by atoms with Crippen molar-refractivity contribution < 1.29 is 33.8 Å². The minimum atomic E-state index is -1.19. The lowest BCUT2D eigenvalue weighted by Crippen LogP contribution is -2.57. The van der Waals surface area contributed by atoms with E-state index in [0.717, 1.165) is 32.1 Å². The molecule has 1 aliphatic carbocycles. The summed E-state index contributed by atoms with van der Waals surface area (Å²) >= 11 is 0. The maximum atomic E-state index is 13.5. The van der Waals surface area contributed by atoms with Crippen LogP contribution >= 0.6 is 0 Å². The van der Waals surface area contributed by atoms with Gasteiger partial charge in [-0.2, -0.15) is 0 Å². The Morgan fingerprint density at radius 1 is 1.09 bits per heavy atom. The summed E-state index contributed by atoms with van der Waals surface area (Å²) in [4.78, 5) is 53.7. The van der Waals surface area contributed by atoms with Crippen LogP contribution in [0.1, 0.15) is 48.9 Å². The van der Waals surface area contributed by atoms with Crippen LogP contribution < -0.4 is 10.1 Å². The van der Waals surface area contributed by atoms with E-state index in [1.807, 2.05) is 0 Å². The van der Waals surface area contributed by atoms with Crippen molar-refractivity contribution in [1.82, 2.24) is 15.1 Å². The summed E-state index contributed by atoms with van der Waals surface area (Å²) in [6.07, 6.45) is 3.33. The van der Waals surface area contributed by atoms with Gasteiger partial charge in [-0.25, -0.2) is 0 Å². The van der Waals surface area contributed by atoms with E-state index >= 15 is 0 Å². The van der Waals surface area contributed by atoms with E-state index in [-0.39, 0.29) is 32.0 Å². The average Bonchev–Trinajstić information content (AvgIpc) is 3.29. The standard InChI is InChI=1S/C24H33N3O7/c1-33-15-20(28)26-11-12-27(24(32)17-9-6-10-18(13-17)34-2)23(26)22(31)25-19(14-21(29)30)16-7-4-3-5-8-16/h6,9-10,13,16,19,23H,3-5,7-8,11-12,14-15H2,1-2H3,(H,25,31)(H,29,30). The molecule has 1 saturated carbocycles. The minimum Gasteiger partial charge on any atom is -0.497 e. The molecule has 186 valence electrons. The number of rotatable bonds is 9. The number of carbonyl (C=O) groups is 4. The Hall–Kier alpha value is -3.14. The summed E-state index contributed by atoms with van der Waals surface area (Å²) in [7, 11) is 2.88. The summed E-state index contributed by atoms with van der Waals surface area (Å²) in [5.74, 6) is -1.86. The fourth-order valence-corrected chi connectivity index (χ4v) is 4.83. The Morgan fingerprint density at radius 3 is 2.44 bits per heavy atom. The molecule has 2 aliphatic rings. The molecule has 10 nitrogen and oxygen atoms in total. The van der Waals surface area contributed by atoms with Crippen molar-refractivity contribution in [2.45, 2.75) is 50.7 Å². The summed E-state index contributed by atoms with van der Waals surface area (Å²) in [6, 6.07) is 6.01. The number of carboxylic acids is 1. The predicted octanol–water partition coefficient (Wildman–Crippen LogP) is 1.49. The lowest BCUT2D eigenvalue weighted by molar-refractivity contribution is -0.145. The summed E-state index contributed by atoms with van der Waals surface area (Å²) in [5, 5.41) is 12.3. The zero-order chi connectivity index (χ0) is 24.7. The zero-order valence-electron chi connectivity index (χ0n) is 19.7. The van der Waals surface area contributed by atoms with Gasteiger partial charge in [-0.05, 0) is 37.0 Å². The predicted molar refractivity (Wildman–Crippen MR) is 122 cm³/mol. The molecule has 2 N–H and O–H groups in total. The lowest BCUT2D eigenvalue weighted by atomic mass is 9.82. The summed E-state index contributed by atoms with van der Waals surface area (Å²) in [6.45, 7) is 0.103. The Morgan fingerprint density at radius 2 is 1.79 bits per heavy atom. The second kappa shape index (κ2) is 11.8. The van der Waals surface area contributed by atoms with E-state index in [2.05, 4.69) is 5.32 Å². The van der Waals surface area contributed by atoms with Gasteiger partial charge in [0, 0.05) is 31.8 Å². The fourth-order valence-electron chi connectivity index (χ4n) is 4.83. The number of ether oxygens (including phenoxy) is 2. The van der Waals surface area contributed by atoms with Crippen molar-refractivity contribution in [3.8, 4) is 5.75 Å². The number of hydrogen-bond donors (Lipinski definition) is 2. The zero-order valence-corrected chi connectivity index (χ0v) is 19.7. The molecule has 1 aliphatic heterocycles. The first-order valence-corrected chi connectivity index (χ1v) is 11.6. The maximum Gasteiger partial charge on any atom is 0.305 e.